The van der Waals surface area contributed by atoms with Crippen LogP contribution in [0.3, 0.4) is 0 Å². The Morgan fingerprint density at radius 3 is 2.58 bits per heavy atom. The maximum absolute atomic E-state index is 6.47. The van der Waals surface area contributed by atoms with Gasteiger partial charge in [-0.2, -0.15) is 0 Å². The van der Waals surface area contributed by atoms with E-state index in [1.807, 2.05) is 0 Å². The van der Waals surface area contributed by atoms with Crippen molar-refractivity contribution in [1.29, 1.82) is 0 Å². The van der Waals surface area contributed by atoms with E-state index in [4.69, 9.17) is 9.47 Å². The fraction of sp³-hybridized carbons (Fsp3) is 0.935. The SMILES string of the molecule is CC(C)CCCCC1CCC2C3CC=C4C(C)C(OCC5COC5)CCC4(C)C3CCC12C. The molecule has 2 heteroatoms. The molecule has 0 aromatic rings. The van der Waals surface area contributed by atoms with Crippen molar-refractivity contribution in [2.24, 2.45) is 52.3 Å². The molecule has 0 aromatic carbocycles. The molecule has 0 radical (unpaired) electrons. The summed E-state index contributed by atoms with van der Waals surface area (Å²) >= 11 is 0. The molecule has 0 aromatic heterocycles. The Morgan fingerprint density at radius 2 is 1.85 bits per heavy atom. The topological polar surface area (TPSA) is 18.5 Å². The second-order valence-corrected chi connectivity index (χ2v) is 13.8. The lowest BCUT2D eigenvalue weighted by Crippen LogP contribution is -2.52. The van der Waals surface area contributed by atoms with Gasteiger partial charge in [-0.25, -0.2) is 0 Å². The smallest absolute Gasteiger partial charge is 0.0638 e. The first kappa shape index (κ1) is 24.4. The quantitative estimate of drug-likeness (QED) is 0.271. The standard InChI is InChI=1S/C31H52O2/c1-21(2)8-6-7-9-24-10-12-27-25-11-13-26-22(3)29(33-20-23-18-32-19-23)15-17-31(26,5)28(25)14-16-30(24,27)4/h13,21-25,27-29H,6-12,14-20H2,1-5H3. The van der Waals surface area contributed by atoms with Crippen molar-refractivity contribution in [2.45, 2.75) is 111 Å². The molecule has 4 aliphatic carbocycles. The lowest BCUT2D eigenvalue weighted by molar-refractivity contribution is -0.110. The Labute approximate surface area is 204 Å². The van der Waals surface area contributed by atoms with E-state index in [1.165, 1.54) is 70.6 Å². The molecule has 1 saturated heterocycles. The number of fused-ring (bicyclic) bond motifs is 5. The van der Waals surface area contributed by atoms with Crippen molar-refractivity contribution in [3.05, 3.63) is 11.6 Å². The van der Waals surface area contributed by atoms with Gasteiger partial charge >= 0.3 is 0 Å². The average Bonchev–Trinajstić information content (AvgIpc) is 3.08. The molecular formula is C31H52O2. The Morgan fingerprint density at radius 1 is 1.03 bits per heavy atom. The van der Waals surface area contributed by atoms with Crippen LogP contribution in [0.2, 0.25) is 0 Å². The molecule has 0 spiro atoms. The molecule has 8 unspecified atom stereocenters. The van der Waals surface area contributed by atoms with Crippen molar-refractivity contribution < 1.29 is 9.47 Å². The molecule has 5 rings (SSSR count). The zero-order chi connectivity index (χ0) is 23.2. The summed E-state index contributed by atoms with van der Waals surface area (Å²) in [5, 5.41) is 0. The summed E-state index contributed by atoms with van der Waals surface area (Å²) in [5.74, 6) is 5.93. The van der Waals surface area contributed by atoms with E-state index in [2.05, 4.69) is 40.7 Å². The highest BCUT2D eigenvalue weighted by Gasteiger charge is 2.59. The van der Waals surface area contributed by atoms with Gasteiger partial charge in [0.1, 0.15) is 0 Å². The zero-order valence-electron chi connectivity index (χ0n) is 22.4. The minimum atomic E-state index is 0.428. The average molecular weight is 457 g/mol. The summed E-state index contributed by atoms with van der Waals surface area (Å²) in [6.45, 7) is 15.3. The lowest BCUT2D eigenvalue weighted by atomic mass is 9.46. The molecular weight excluding hydrogens is 404 g/mol. The van der Waals surface area contributed by atoms with Gasteiger partial charge in [0.15, 0.2) is 0 Å². The zero-order valence-corrected chi connectivity index (χ0v) is 22.4. The molecule has 4 fully saturated rings. The molecule has 1 heterocycles. The van der Waals surface area contributed by atoms with Gasteiger partial charge in [-0.3, -0.25) is 0 Å². The first-order valence-corrected chi connectivity index (χ1v) is 14.7. The van der Waals surface area contributed by atoms with Crippen LogP contribution in [0, 0.1) is 52.3 Å². The van der Waals surface area contributed by atoms with Gasteiger partial charge in [0.25, 0.3) is 0 Å². The minimum absolute atomic E-state index is 0.428. The number of hydrogen-bond donors (Lipinski definition) is 0. The van der Waals surface area contributed by atoms with Crippen molar-refractivity contribution in [1.82, 2.24) is 0 Å². The summed E-state index contributed by atoms with van der Waals surface area (Å²) in [4.78, 5) is 0. The van der Waals surface area contributed by atoms with Crippen LogP contribution in [0.4, 0.5) is 0 Å². The van der Waals surface area contributed by atoms with E-state index in [-0.39, 0.29) is 0 Å². The summed E-state index contributed by atoms with van der Waals surface area (Å²) in [7, 11) is 0. The van der Waals surface area contributed by atoms with Gasteiger partial charge in [0, 0.05) is 11.8 Å². The monoisotopic (exact) mass is 456 g/mol. The van der Waals surface area contributed by atoms with Crippen molar-refractivity contribution in [3.63, 3.8) is 0 Å². The molecule has 3 saturated carbocycles. The van der Waals surface area contributed by atoms with Gasteiger partial charge in [-0.15, -0.1) is 0 Å². The van der Waals surface area contributed by atoms with Crippen LogP contribution in [-0.4, -0.2) is 25.9 Å². The summed E-state index contributed by atoms with van der Waals surface area (Å²) < 4.78 is 11.8. The van der Waals surface area contributed by atoms with Gasteiger partial charge < -0.3 is 9.47 Å². The van der Waals surface area contributed by atoms with Gasteiger partial charge in [-0.1, -0.05) is 65.5 Å². The van der Waals surface area contributed by atoms with E-state index in [0.29, 0.717) is 28.8 Å². The number of ether oxygens (including phenoxy) is 2. The van der Waals surface area contributed by atoms with Gasteiger partial charge in [-0.05, 0) is 91.8 Å². The molecule has 0 bridgehead atoms. The van der Waals surface area contributed by atoms with E-state index < -0.39 is 0 Å². The fourth-order valence-electron chi connectivity index (χ4n) is 9.44. The number of hydrogen-bond acceptors (Lipinski definition) is 2. The van der Waals surface area contributed by atoms with Crippen molar-refractivity contribution >= 4 is 0 Å². The van der Waals surface area contributed by atoms with E-state index in [9.17, 15) is 0 Å². The van der Waals surface area contributed by atoms with Gasteiger partial charge in [0.2, 0.25) is 0 Å². The van der Waals surface area contributed by atoms with E-state index in [0.717, 1.165) is 49.4 Å². The Balaban J connectivity index is 1.25. The maximum atomic E-state index is 6.47. The van der Waals surface area contributed by atoms with Crippen LogP contribution in [0.15, 0.2) is 11.6 Å². The third kappa shape index (κ3) is 4.39. The summed E-state index contributed by atoms with van der Waals surface area (Å²) in [6, 6.07) is 0. The number of rotatable bonds is 8. The first-order valence-electron chi connectivity index (χ1n) is 14.7. The highest BCUT2D eigenvalue weighted by molar-refractivity contribution is 5.27. The van der Waals surface area contributed by atoms with Gasteiger partial charge in [0.05, 0.1) is 25.9 Å². The van der Waals surface area contributed by atoms with Crippen LogP contribution in [-0.2, 0) is 9.47 Å². The highest BCUT2D eigenvalue weighted by atomic mass is 16.5. The molecule has 8 atom stereocenters. The Hall–Kier alpha value is -0.340. The molecule has 1 aliphatic heterocycles. The van der Waals surface area contributed by atoms with Crippen LogP contribution in [0.1, 0.15) is 105 Å². The second-order valence-electron chi connectivity index (χ2n) is 13.8. The predicted molar refractivity (Wildman–Crippen MR) is 137 cm³/mol. The Kier molecular flexibility index (Phi) is 7.09. The third-order valence-electron chi connectivity index (χ3n) is 11.6. The molecule has 0 N–H and O–H groups in total. The molecule has 33 heavy (non-hydrogen) atoms. The molecule has 188 valence electrons. The minimum Gasteiger partial charge on any atom is -0.381 e. The van der Waals surface area contributed by atoms with Crippen LogP contribution in [0.5, 0.6) is 0 Å². The third-order valence-corrected chi connectivity index (χ3v) is 11.6. The fourth-order valence-corrected chi connectivity index (χ4v) is 9.44. The van der Waals surface area contributed by atoms with E-state index in [1.54, 1.807) is 5.57 Å². The maximum Gasteiger partial charge on any atom is 0.0638 e. The second kappa shape index (κ2) is 9.61. The number of unbranched alkanes of at least 4 members (excludes halogenated alkanes) is 1. The summed E-state index contributed by atoms with van der Waals surface area (Å²) in [6.07, 6.45) is 18.9. The molecule has 0 amide bonds. The lowest BCUT2D eigenvalue weighted by Gasteiger charge is -2.59. The largest absolute Gasteiger partial charge is 0.381 e. The van der Waals surface area contributed by atoms with Crippen LogP contribution < -0.4 is 0 Å². The summed E-state index contributed by atoms with van der Waals surface area (Å²) in [5.41, 5.74) is 2.83. The van der Waals surface area contributed by atoms with Crippen LogP contribution >= 0.6 is 0 Å². The molecule has 2 nitrogen and oxygen atoms in total. The van der Waals surface area contributed by atoms with E-state index >= 15 is 0 Å². The predicted octanol–water partition coefficient (Wildman–Crippen LogP) is 8.06. The highest BCUT2D eigenvalue weighted by Crippen LogP contribution is 2.67. The molecule has 5 aliphatic rings. The first-order chi connectivity index (χ1) is 15.8. The van der Waals surface area contributed by atoms with Crippen molar-refractivity contribution in [3.8, 4) is 0 Å². The number of allylic oxidation sites excluding steroid dienone is 1. The van der Waals surface area contributed by atoms with Crippen LogP contribution in [0.25, 0.3) is 0 Å². The normalized spacial score (nSPS) is 45.2. The van der Waals surface area contributed by atoms with Crippen molar-refractivity contribution in [2.75, 3.05) is 19.8 Å². The Bertz CT molecular complexity index is 708.